The highest BCUT2D eigenvalue weighted by Crippen LogP contribution is 2.25. The molecule has 2 atom stereocenters. The Kier molecular flexibility index (Phi) is 5.03. The highest BCUT2D eigenvalue weighted by Gasteiger charge is 2.29. The summed E-state index contributed by atoms with van der Waals surface area (Å²) in [5.74, 6) is 5.61. The minimum atomic E-state index is -0.169. The molecule has 1 aliphatic heterocycles. The van der Waals surface area contributed by atoms with E-state index in [1.165, 1.54) is 6.42 Å². The van der Waals surface area contributed by atoms with E-state index in [4.69, 9.17) is 5.11 Å². The van der Waals surface area contributed by atoms with Gasteiger partial charge >= 0.3 is 0 Å². The van der Waals surface area contributed by atoms with E-state index in [-0.39, 0.29) is 24.6 Å². The molecule has 3 nitrogen and oxygen atoms in total. The Morgan fingerprint density at radius 1 is 1.29 bits per heavy atom. The van der Waals surface area contributed by atoms with Crippen molar-refractivity contribution in [1.82, 2.24) is 4.90 Å². The van der Waals surface area contributed by atoms with Crippen molar-refractivity contribution in [3.63, 3.8) is 0 Å². The molecule has 0 radical (unpaired) electrons. The number of carbonyl (C=O) groups excluding carboxylic acids is 1. The summed E-state index contributed by atoms with van der Waals surface area (Å²) in [4.78, 5) is 14.8. The maximum absolute atomic E-state index is 12.8. The fourth-order valence-corrected chi connectivity index (χ4v) is 3.09. The van der Waals surface area contributed by atoms with Gasteiger partial charge in [0.05, 0.1) is 0 Å². The molecule has 1 amide bonds. The Morgan fingerprint density at radius 3 is 2.57 bits per heavy atom. The highest BCUT2D eigenvalue weighted by atomic mass is 16.2. The van der Waals surface area contributed by atoms with Gasteiger partial charge in [-0.05, 0) is 63.8 Å². The van der Waals surface area contributed by atoms with E-state index in [0.717, 1.165) is 24.0 Å². The molecule has 2 rings (SSSR count). The predicted octanol–water partition coefficient (Wildman–Crippen LogP) is 2.74. The fraction of sp³-hybridized carbons (Fsp3) is 0.500. The summed E-state index contributed by atoms with van der Waals surface area (Å²) < 4.78 is 0. The molecule has 1 heterocycles. The first-order valence-electron chi connectivity index (χ1n) is 7.57. The molecule has 3 heteroatoms. The molecule has 1 fully saturated rings. The van der Waals surface area contributed by atoms with Crippen molar-refractivity contribution < 1.29 is 9.90 Å². The van der Waals surface area contributed by atoms with Gasteiger partial charge in [-0.3, -0.25) is 4.79 Å². The molecule has 112 valence electrons. The molecule has 1 saturated heterocycles. The molecule has 0 bridgehead atoms. The number of aryl methyl sites for hydroxylation is 1. The molecule has 0 aromatic heterocycles. The van der Waals surface area contributed by atoms with Crippen LogP contribution in [0.4, 0.5) is 0 Å². The van der Waals surface area contributed by atoms with E-state index in [9.17, 15) is 4.79 Å². The first-order valence-corrected chi connectivity index (χ1v) is 7.57. The summed E-state index contributed by atoms with van der Waals surface area (Å²) in [5, 5.41) is 8.80. The number of aliphatic hydroxyl groups excluding tert-OH is 1. The smallest absolute Gasteiger partial charge is 0.254 e. The van der Waals surface area contributed by atoms with Crippen LogP contribution in [0.5, 0.6) is 0 Å². The maximum atomic E-state index is 12.8. The molecule has 1 aromatic rings. The van der Waals surface area contributed by atoms with Crippen molar-refractivity contribution in [1.29, 1.82) is 0 Å². The molecule has 0 spiro atoms. The molecular weight excluding hydrogens is 262 g/mol. The number of hydrogen-bond donors (Lipinski definition) is 1. The lowest BCUT2D eigenvalue weighted by Gasteiger charge is -2.39. The van der Waals surface area contributed by atoms with E-state index < -0.39 is 0 Å². The molecule has 21 heavy (non-hydrogen) atoms. The first kappa shape index (κ1) is 15.6. The van der Waals surface area contributed by atoms with E-state index in [1.807, 2.05) is 30.0 Å². The van der Waals surface area contributed by atoms with E-state index >= 15 is 0 Å². The van der Waals surface area contributed by atoms with Crippen LogP contribution in [0.15, 0.2) is 18.2 Å². The molecule has 0 aliphatic carbocycles. The van der Waals surface area contributed by atoms with Crippen LogP contribution in [0, 0.1) is 18.8 Å². The zero-order valence-corrected chi connectivity index (χ0v) is 13.0. The number of benzene rings is 1. The van der Waals surface area contributed by atoms with Gasteiger partial charge in [0.15, 0.2) is 0 Å². The molecule has 1 aromatic carbocycles. The van der Waals surface area contributed by atoms with Gasteiger partial charge in [-0.15, -0.1) is 0 Å². The number of aliphatic hydroxyl groups is 1. The monoisotopic (exact) mass is 285 g/mol. The zero-order valence-electron chi connectivity index (χ0n) is 13.0. The van der Waals surface area contributed by atoms with Crippen molar-refractivity contribution in [2.24, 2.45) is 0 Å². The second kappa shape index (κ2) is 6.78. The molecule has 1 N–H and O–H groups in total. The maximum Gasteiger partial charge on any atom is 0.254 e. The minimum absolute atomic E-state index is 0.0884. The standard InChI is InChI=1S/C18H23NO2/c1-13-10-16(8-5-9-20)12-17(11-13)18(21)19-14(2)6-4-7-15(19)3/h10-12,14-15,20H,4,6-7,9H2,1-3H3. The minimum Gasteiger partial charge on any atom is -0.384 e. The van der Waals surface area contributed by atoms with Gasteiger partial charge in [0, 0.05) is 23.2 Å². The number of amides is 1. The highest BCUT2D eigenvalue weighted by molar-refractivity contribution is 5.95. The molecular formula is C18H23NO2. The zero-order chi connectivity index (χ0) is 15.4. The number of nitrogens with zero attached hydrogens (tertiary/aromatic N) is 1. The first-order chi connectivity index (χ1) is 10.0. The summed E-state index contributed by atoms with van der Waals surface area (Å²) in [7, 11) is 0. The summed E-state index contributed by atoms with van der Waals surface area (Å²) in [6, 6.07) is 6.25. The normalized spacial score (nSPS) is 21.6. The van der Waals surface area contributed by atoms with E-state index in [0.29, 0.717) is 5.56 Å². The molecule has 0 saturated carbocycles. The quantitative estimate of drug-likeness (QED) is 0.806. The Balaban J connectivity index is 2.32. The van der Waals surface area contributed by atoms with Gasteiger partial charge in [-0.1, -0.05) is 11.8 Å². The second-order valence-corrected chi connectivity index (χ2v) is 5.89. The van der Waals surface area contributed by atoms with Crippen LogP contribution in [-0.2, 0) is 0 Å². The number of hydrogen-bond acceptors (Lipinski definition) is 2. The van der Waals surface area contributed by atoms with Gasteiger partial charge in [0.1, 0.15) is 6.61 Å². The van der Waals surface area contributed by atoms with Crippen LogP contribution in [0.25, 0.3) is 0 Å². The van der Waals surface area contributed by atoms with E-state index in [2.05, 4.69) is 25.7 Å². The van der Waals surface area contributed by atoms with Crippen LogP contribution in [0.2, 0.25) is 0 Å². The van der Waals surface area contributed by atoms with Crippen molar-refractivity contribution in [2.75, 3.05) is 6.61 Å². The lowest BCUT2D eigenvalue weighted by Crippen LogP contribution is -2.47. The summed E-state index contributed by atoms with van der Waals surface area (Å²) in [6.45, 7) is 6.03. The number of piperidine rings is 1. The van der Waals surface area contributed by atoms with Crippen molar-refractivity contribution >= 4 is 5.91 Å². The molecule has 2 unspecified atom stereocenters. The van der Waals surface area contributed by atoms with Gasteiger partial charge < -0.3 is 10.0 Å². The van der Waals surface area contributed by atoms with Crippen LogP contribution >= 0.6 is 0 Å². The van der Waals surface area contributed by atoms with Crippen molar-refractivity contribution in [3.8, 4) is 11.8 Å². The average Bonchev–Trinajstić information content (AvgIpc) is 2.44. The Hall–Kier alpha value is -1.79. The van der Waals surface area contributed by atoms with Crippen molar-refractivity contribution in [2.45, 2.75) is 52.1 Å². The van der Waals surface area contributed by atoms with Gasteiger partial charge in [-0.25, -0.2) is 0 Å². The number of rotatable bonds is 1. The third kappa shape index (κ3) is 3.65. The van der Waals surface area contributed by atoms with Gasteiger partial charge in [0.25, 0.3) is 5.91 Å². The Labute approximate surface area is 127 Å². The van der Waals surface area contributed by atoms with Crippen LogP contribution in [0.1, 0.15) is 54.6 Å². The summed E-state index contributed by atoms with van der Waals surface area (Å²) in [5.41, 5.74) is 2.49. The number of likely N-dealkylation sites (tertiary alicyclic amines) is 1. The lowest BCUT2D eigenvalue weighted by atomic mass is 9.95. The van der Waals surface area contributed by atoms with Gasteiger partial charge in [0.2, 0.25) is 0 Å². The second-order valence-electron chi connectivity index (χ2n) is 5.89. The van der Waals surface area contributed by atoms with Crippen LogP contribution in [0.3, 0.4) is 0 Å². The largest absolute Gasteiger partial charge is 0.384 e. The fourth-order valence-electron chi connectivity index (χ4n) is 3.09. The van der Waals surface area contributed by atoms with E-state index in [1.54, 1.807) is 0 Å². The summed E-state index contributed by atoms with van der Waals surface area (Å²) in [6.07, 6.45) is 3.32. The Morgan fingerprint density at radius 2 is 1.95 bits per heavy atom. The van der Waals surface area contributed by atoms with Crippen LogP contribution in [-0.4, -0.2) is 34.6 Å². The number of carbonyl (C=O) groups is 1. The lowest BCUT2D eigenvalue weighted by molar-refractivity contribution is 0.0510. The predicted molar refractivity (Wildman–Crippen MR) is 84.1 cm³/mol. The topological polar surface area (TPSA) is 40.5 Å². The third-order valence-electron chi connectivity index (χ3n) is 4.06. The average molecular weight is 285 g/mol. The van der Waals surface area contributed by atoms with Crippen molar-refractivity contribution in [3.05, 3.63) is 34.9 Å². The SMILES string of the molecule is Cc1cc(C#CCO)cc(C(=O)N2C(C)CCCC2C)c1. The van der Waals surface area contributed by atoms with Gasteiger partial charge in [-0.2, -0.15) is 0 Å². The molecule has 1 aliphatic rings. The third-order valence-corrected chi connectivity index (χ3v) is 4.06. The van der Waals surface area contributed by atoms with Crippen LogP contribution < -0.4 is 0 Å². The Bertz CT molecular complexity index is 573. The summed E-state index contributed by atoms with van der Waals surface area (Å²) >= 11 is 0.